The molecule has 0 bridgehead atoms. The molecule has 1 aromatic rings. The largest absolute Gasteiger partial charge is 0.343 e. The Hall–Kier alpha value is -2.11. The molecule has 1 aliphatic heterocycles. The van der Waals surface area contributed by atoms with Crippen molar-refractivity contribution in [3.63, 3.8) is 0 Å². The lowest BCUT2D eigenvalue weighted by Gasteiger charge is -2.32. The molecular formula is C18H27N3O3. The Labute approximate surface area is 142 Å². The number of nitrogens with one attached hydrogen (secondary N) is 1. The summed E-state index contributed by atoms with van der Waals surface area (Å²) in [6, 6.07) is 2.98. The molecule has 132 valence electrons. The number of carbonyl (C=O) groups is 2. The standard InChI is InChI=1S/C18H27N3O3/c1-3-20(4-2)17(23)6-5-14-8-11-21(12-9-14)18(24)15-7-10-19-16(22)13-15/h7,10,13-14H,3-6,8-9,11-12H2,1-2H3,(H,19,22). The van der Waals surface area contributed by atoms with Gasteiger partial charge in [0.15, 0.2) is 0 Å². The fourth-order valence-electron chi connectivity index (χ4n) is 3.25. The van der Waals surface area contributed by atoms with Gasteiger partial charge in [0.1, 0.15) is 0 Å². The van der Waals surface area contributed by atoms with E-state index in [1.165, 1.54) is 12.3 Å². The number of aromatic amines is 1. The molecule has 0 aliphatic carbocycles. The highest BCUT2D eigenvalue weighted by Gasteiger charge is 2.24. The van der Waals surface area contributed by atoms with Gasteiger partial charge >= 0.3 is 0 Å². The highest BCUT2D eigenvalue weighted by molar-refractivity contribution is 5.94. The SMILES string of the molecule is CCN(CC)C(=O)CCC1CCN(C(=O)c2cc[nH]c(=O)c2)CC1. The lowest BCUT2D eigenvalue weighted by molar-refractivity contribution is -0.131. The molecule has 1 saturated heterocycles. The topological polar surface area (TPSA) is 73.5 Å². The van der Waals surface area contributed by atoms with E-state index in [9.17, 15) is 14.4 Å². The van der Waals surface area contributed by atoms with Crippen molar-refractivity contribution in [1.29, 1.82) is 0 Å². The molecule has 1 aromatic heterocycles. The second kappa shape index (κ2) is 8.66. The quantitative estimate of drug-likeness (QED) is 0.864. The number of pyridine rings is 1. The van der Waals surface area contributed by atoms with Crippen molar-refractivity contribution in [2.75, 3.05) is 26.2 Å². The minimum atomic E-state index is -0.259. The summed E-state index contributed by atoms with van der Waals surface area (Å²) in [6.45, 7) is 6.91. The third-order valence-electron chi connectivity index (χ3n) is 4.81. The van der Waals surface area contributed by atoms with Gasteiger partial charge < -0.3 is 14.8 Å². The fraction of sp³-hybridized carbons (Fsp3) is 0.611. The third-order valence-corrected chi connectivity index (χ3v) is 4.81. The number of piperidine rings is 1. The summed E-state index contributed by atoms with van der Waals surface area (Å²) in [4.78, 5) is 42.0. The maximum atomic E-state index is 12.4. The molecule has 1 aliphatic rings. The van der Waals surface area contributed by atoms with Crippen LogP contribution in [0.3, 0.4) is 0 Å². The van der Waals surface area contributed by atoms with Crippen LogP contribution in [0, 0.1) is 5.92 Å². The number of carbonyl (C=O) groups excluding carboxylic acids is 2. The molecule has 6 nitrogen and oxygen atoms in total. The first-order valence-electron chi connectivity index (χ1n) is 8.81. The van der Waals surface area contributed by atoms with E-state index < -0.39 is 0 Å². The number of rotatable bonds is 6. The van der Waals surface area contributed by atoms with Crippen molar-refractivity contribution >= 4 is 11.8 Å². The molecule has 2 heterocycles. The Kier molecular flexibility index (Phi) is 6.58. The Morgan fingerprint density at radius 3 is 2.50 bits per heavy atom. The lowest BCUT2D eigenvalue weighted by Crippen LogP contribution is -2.39. The number of likely N-dealkylation sites (tertiary alicyclic amines) is 1. The third kappa shape index (κ3) is 4.69. The van der Waals surface area contributed by atoms with Crippen molar-refractivity contribution in [2.24, 2.45) is 5.92 Å². The summed E-state index contributed by atoms with van der Waals surface area (Å²) >= 11 is 0. The molecular weight excluding hydrogens is 306 g/mol. The van der Waals surface area contributed by atoms with Crippen molar-refractivity contribution in [3.8, 4) is 0 Å². The molecule has 0 radical (unpaired) electrons. The normalized spacial score (nSPS) is 15.3. The van der Waals surface area contributed by atoms with Crippen LogP contribution in [0.4, 0.5) is 0 Å². The number of amides is 2. The fourth-order valence-corrected chi connectivity index (χ4v) is 3.25. The molecule has 1 fully saturated rings. The summed E-state index contributed by atoms with van der Waals surface area (Å²) in [6.07, 6.45) is 4.82. The second-order valence-electron chi connectivity index (χ2n) is 6.28. The molecule has 0 saturated carbocycles. The highest BCUT2D eigenvalue weighted by Crippen LogP contribution is 2.23. The zero-order valence-corrected chi connectivity index (χ0v) is 14.6. The van der Waals surface area contributed by atoms with Gasteiger partial charge in [-0.3, -0.25) is 14.4 Å². The van der Waals surface area contributed by atoms with Crippen molar-refractivity contribution < 1.29 is 9.59 Å². The average molecular weight is 333 g/mol. The maximum Gasteiger partial charge on any atom is 0.254 e. The summed E-state index contributed by atoms with van der Waals surface area (Å²) in [5.74, 6) is 0.633. The minimum Gasteiger partial charge on any atom is -0.343 e. The zero-order valence-electron chi connectivity index (χ0n) is 14.6. The molecule has 2 rings (SSSR count). The smallest absolute Gasteiger partial charge is 0.254 e. The van der Waals surface area contributed by atoms with Crippen molar-refractivity contribution in [3.05, 3.63) is 34.2 Å². The van der Waals surface area contributed by atoms with Gasteiger partial charge in [-0.25, -0.2) is 0 Å². The lowest BCUT2D eigenvalue weighted by atomic mass is 9.91. The van der Waals surface area contributed by atoms with E-state index >= 15 is 0 Å². The van der Waals surface area contributed by atoms with E-state index in [-0.39, 0.29) is 17.4 Å². The summed E-state index contributed by atoms with van der Waals surface area (Å²) in [5.41, 5.74) is 0.180. The number of hydrogen-bond acceptors (Lipinski definition) is 3. The number of hydrogen-bond donors (Lipinski definition) is 1. The van der Waals surface area contributed by atoms with Crippen LogP contribution in [-0.2, 0) is 4.79 Å². The van der Waals surface area contributed by atoms with E-state index in [1.54, 1.807) is 11.0 Å². The van der Waals surface area contributed by atoms with Crippen LogP contribution in [0.25, 0.3) is 0 Å². The van der Waals surface area contributed by atoms with Crippen LogP contribution in [0.2, 0.25) is 0 Å². The van der Waals surface area contributed by atoms with Gasteiger partial charge in [-0.1, -0.05) is 0 Å². The minimum absolute atomic E-state index is 0.0845. The first kappa shape index (κ1) is 18.2. The Morgan fingerprint density at radius 2 is 1.92 bits per heavy atom. The monoisotopic (exact) mass is 333 g/mol. The van der Waals surface area contributed by atoms with Gasteiger partial charge in [0.05, 0.1) is 0 Å². The van der Waals surface area contributed by atoms with E-state index in [4.69, 9.17) is 0 Å². The van der Waals surface area contributed by atoms with Crippen LogP contribution < -0.4 is 5.56 Å². The molecule has 2 amide bonds. The molecule has 1 N–H and O–H groups in total. The summed E-state index contributed by atoms with van der Waals surface area (Å²) < 4.78 is 0. The van der Waals surface area contributed by atoms with E-state index in [1.807, 2.05) is 18.7 Å². The van der Waals surface area contributed by atoms with Gasteiger partial charge in [0, 0.05) is 50.4 Å². The summed E-state index contributed by atoms with van der Waals surface area (Å²) in [5, 5.41) is 0. The predicted molar refractivity (Wildman–Crippen MR) is 92.9 cm³/mol. The van der Waals surface area contributed by atoms with Crippen LogP contribution >= 0.6 is 0 Å². The van der Waals surface area contributed by atoms with Gasteiger partial charge in [0.2, 0.25) is 11.5 Å². The van der Waals surface area contributed by atoms with Gasteiger partial charge in [-0.05, 0) is 45.1 Å². The van der Waals surface area contributed by atoms with Crippen molar-refractivity contribution in [2.45, 2.75) is 39.5 Å². The second-order valence-corrected chi connectivity index (χ2v) is 6.28. The predicted octanol–water partition coefficient (Wildman–Crippen LogP) is 1.88. The molecule has 24 heavy (non-hydrogen) atoms. The van der Waals surface area contributed by atoms with Crippen molar-refractivity contribution in [1.82, 2.24) is 14.8 Å². The Balaban J connectivity index is 1.80. The van der Waals surface area contributed by atoms with E-state index in [0.717, 1.165) is 32.4 Å². The maximum absolute atomic E-state index is 12.4. The zero-order chi connectivity index (χ0) is 17.5. The number of aromatic nitrogens is 1. The van der Waals surface area contributed by atoms with E-state index in [0.29, 0.717) is 31.0 Å². The number of nitrogens with zero attached hydrogens (tertiary/aromatic N) is 2. The van der Waals surface area contributed by atoms with Gasteiger partial charge in [0.25, 0.3) is 5.91 Å². The first-order chi connectivity index (χ1) is 11.5. The summed E-state index contributed by atoms with van der Waals surface area (Å²) in [7, 11) is 0. The molecule has 0 atom stereocenters. The molecule has 0 spiro atoms. The van der Waals surface area contributed by atoms with Crippen LogP contribution in [0.15, 0.2) is 23.1 Å². The first-order valence-corrected chi connectivity index (χ1v) is 8.81. The Bertz CT molecular complexity index is 614. The van der Waals surface area contributed by atoms with Crippen LogP contribution in [0.1, 0.15) is 49.9 Å². The van der Waals surface area contributed by atoms with Gasteiger partial charge in [-0.15, -0.1) is 0 Å². The van der Waals surface area contributed by atoms with E-state index in [2.05, 4.69) is 4.98 Å². The molecule has 0 unspecified atom stereocenters. The highest BCUT2D eigenvalue weighted by atomic mass is 16.2. The molecule has 0 aromatic carbocycles. The molecule has 6 heteroatoms. The Morgan fingerprint density at radius 1 is 1.25 bits per heavy atom. The van der Waals surface area contributed by atoms with Gasteiger partial charge in [-0.2, -0.15) is 0 Å². The van der Waals surface area contributed by atoms with Crippen LogP contribution in [0.5, 0.6) is 0 Å². The average Bonchev–Trinajstić information content (AvgIpc) is 2.61. The number of H-pyrrole nitrogens is 1. The van der Waals surface area contributed by atoms with Crippen LogP contribution in [-0.4, -0.2) is 52.8 Å².